The first-order valence-corrected chi connectivity index (χ1v) is 5.73. The van der Waals surface area contributed by atoms with Gasteiger partial charge in [0.2, 0.25) is 0 Å². The molecular weight excluding hydrogens is 141 g/mol. The molecule has 0 bridgehead atoms. The van der Waals surface area contributed by atoms with Crippen LogP contribution < -0.4 is 5.32 Å². The number of rotatable bonds is 5. The normalized spacial score (nSPS) is 18.0. The second kappa shape index (κ2) is 6.12. The molecule has 10 heavy (non-hydrogen) atoms. The Kier molecular flexibility index (Phi) is 6.36. The lowest BCUT2D eigenvalue weighted by atomic mass is 10.1. The quantitative estimate of drug-likeness (QED) is 0.607. The highest BCUT2D eigenvalue weighted by atomic mass is 31.1. The average molecular weight is 161 g/mol. The van der Waals surface area contributed by atoms with Gasteiger partial charge in [0, 0.05) is 6.04 Å². The molecule has 0 aliphatic heterocycles. The van der Waals surface area contributed by atoms with Crippen LogP contribution in [0.25, 0.3) is 0 Å². The van der Waals surface area contributed by atoms with E-state index in [9.17, 15) is 0 Å². The van der Waals surface area contributed by atoms with Gasteiger partial charge in [-0.15, -0.1) is 8.58 Å². The fourth-order valence-electron chi connectivity index (χ4n) is 1.15. The van der Waals surface area contributed by atoms with Crippen LogP contribution in [0.2, 0.25) is 0 Å². The van der Waals surface area contributed by atoms with Crippen LogP contribution in [-0.4, -0.2) is 25.9 Å². The molecule has 0 amide bonds. The fraction of sp³-hybridized carbons (Fsp3) is 1.00. The topological polar surface area (TPSA) is 12.0 Å². The van der Waals surface area contributed by atoms with Crippen molar-refractivity contribution in [1.82, 2.24) is 5.32 Å². The second-order valence-corrected chi connectivity index (χ2v) is 4.20. The highest BCUT2D eigenvalue weighted by Gasteiger charge is 2.04. The molecule has 62 valence electrons. The van der Waals surface area contributed by atoms with E-state index in [1.807, 2.05) is 7.05 Å². The van der Waals surface area contributed by atoms with Crippen LogP contribution in [0, 0.1) is 5.92 Å². The third-order valence-electron chi connectivity index (χ3n) is 1.80. The first-order chi connectivity index (χ1) is 4.70. The number of nitrogens with one attached hydrogen (secondary N) is 1. The van der Waals surface area contributed by atoms with Gasteiger partial charge in [-0.3, -0.25) is 0 Å². The van der Waals surface area contributed by atoms with E-state index in [-0.39, 0.29) is 0 Å². The molecule has 0 radical (unpaired) electrons. The SMILES string of the molecule is CNC(C)CC(C)CPC. The number of hydrogen-bond donors (Lipinski definition) is 1. The van der Waals surface area contributed by atoms with Crippen molar-refractivity contribution in [3.8, 4) is 0 Å². The summed E-state index contributed by atoms with van der Waals surface area (Å²) in [6.45, 7) is 6.86. The van der Waals surface area contributed by atoms with Crippen LogP contribution in [0.3, 0.4) is 0 Å². The summed E-state index contributed by atoms with van der Waals surface area (Å²) in [6, 6.07) is 0.686. The molecule has 0 aliphatic rings. The average Bonchev–Trinajstić information content (AvgIpc) is 1.88. The van der Waals surface area contributed by atoms with Crippen LogP contribution in [0.1, 0.15) is 20.3 Å². The Balaban J connectivity index is 3.27. The van der Waals surface area contributed by atoms with E-state index in [1.165, 1.54) is 12.6 Å². The summed E-state index contributed by atoms with van der Waals surface area (Å²) in [5, 5.41) is 3.26. The van der Waals surface area contributed by atoms with Gasteiger partial charge in [-0.25, -0.2) is 0 Å². The van der Waals surface area contributed by atoms with Crippen molar-refractivity contribution >= 4 is 8.58 Å². The van der Waals surface area contributed by atoms with Crippen LogP contribution in [0.15, 0.2) is 0 Å². The van der Waals surface area contributed by atoms with Gasteiger partial charge < -0.3 is 5.32 Å². The molecule has 0 heterocycles. The van der Waals surface area contributed by atoms with Crippen molar-refractivity contribution in [3.63, 3.8) is 0 Å². The standard InChI is InChI=1S/C8H20NP/c1-7(6-10-4)5-8(2)9-3/h7-10H,5-6H2,1-4H3. The monoisotopic (exact) mass is 161 g/mol. The predicted molar refractivity (Wildman–Crippen MR) is 51.4 cm³/mol. The summed E-state index contributed by atoms with van der Waals surface area (Å²) in [7, 11) is 3.14. The first-order valence-electron chi connectivity index (χ1n) is 4.02. The molecule has 1 nitrogen and oxygen atoms in total. The van der Waals surface area contributed by atoms with Crippen molar-refractivity contribution in [2.75, 3.05) is 19.9 Å². The van der Waals surface area contributed by atoms with Crippen LogP contribution in [-0.2, 0) is 0 Å². The number of hydrogen-bond acceptors (Lipinski definition) is 1. The Hall–Kier alpha value is 0.390. The zero-order valence-corrected chi connectivity index (χ0v) is 8.57. The van der Waals surface area contributed by atoms with E-state index < -0.39 is 0 Å². The lowest BCUT2D eigenvalue weighted by Crippen LogP contribution is -2.23. The molecule has 0 rings (SSSR count). The molecule has 0 fully saturated rings. The third-order valence-corrected chi connectivity index (χ3v) is 2.91. The smallest absolute Gasteiger partial charge is 0.00383 e. The van der Waals surface area contributed by atoms with Crippen molar-refractivity contribution in [1.29, 1.82) is 0 Å². The van der Waals surface area contributed by atoms with E-state index in [2.05, 4.69) is 25.8 Å². The van der Waals surface area contributed by atoms with E-state index in [0.29, 0.717) is 6.04 Å². The minimum atomic E-state index is 0.686. The molecule has 0 aromatic heterocycles. The predicted octanol–water partition coefficient (Wildman–Crippen LogP) is 1.93. The maximum Gasteiger partial charge on any atom is 0.00383 e. The Morgan fingerprint density at radius 2 is 2.00 bits per heavy atom. The van der Waals surface area contributed by atoms with Gasteiger partial charge in [0.15, 0.2) is 0 Å². The zero-order valence-electron chi connectivity index (χ0n) is 7.57. The van der Waals surface area contributed by atoms with Gasteiger partial charge in [-0.2, -0.15) is 0 Å². The second-order valence-electron chi connectivity index (χ2n) is 3.09. The molecule has 0 saturated heterocycles. The Morgan fingerprint density at radius 1 is 1.40 bits per heavy atom. The molecule has 3 unspecified atom stereocenters. The summed E-state index contributed by atoms with van der Waals surface area (Å²) >= 11 is 0. The van der Waals surface area contributed by atoms with Gasteiger partial charge in [0.05, 0.1) is 0 Å². The Morgan fingerprint density at radius 3 is 2.40 bits per heavy atom. The third kappa shape index (κ3) is 5.20. The van der Waals surface area contributed by atoms with E-state index in [4.69, 9.17) is 0 Å². The molecule has 3 atom stereocenters. The van der Waals surface area contributed by atoms with E-state index in [1.54, 1.807) is 0 Å². The molecule has 0 aromatic carbocycles. The van der Waals surface area contributed by atoms with E-state index >= 15 is 0 Å². The largest absolute Gasteiger partial charge is 0.317 e. The molecule has 0 aromatic rings. The highest BCUT2D eigenvalue weighted by molar-refractivity contribution is 7.36. The van der Waals surface area contributed by atoms with Crippen LogP contribution in [0.5, 0.6) is 0 Å². The van der Waals surface area contributed by atoms with Crippen LogP contribution >= 0.6 is 8.58 Å². The van der Waals surface area contributed by atoms with Crippen molar-refractivity contribution in [2.24, 2.45) is 5.92 Å². The molecule has 1 N–H and O–H groups in total. The van der Waals surface area contributed by atoms with Gasteiger partial charge in [0.25, 0.3) is 0 Å². The zero-order chi connectivity index (χ0) is 7.98. The minimum Gasteiger partial charge on any atom is -0.317 e. The summed E-state index contributed by atoms with van der Waals surface area (Å²) in [5.41, 5.74) is 0. The lowest BCUT2D eigenvalue weighted by Gasteiger charge is -2.15. The van der Waals surface area contributed by atoms with Gasteiger partial charge >= 0.3 is 0 Å². The van der Waals surface area contributed by atoms with Crippen molar-refractivity contribution in [2.45, 2.75) is 26.3 Å². The van der Waals surface area contributed by atoms with E-state index in [0.717, 1.165) is 14.5 Å². The fourth-order valence-corrected chi connectivity index (χ4v) is 2.02. The highest BCUT2D eigenvalue weighted by Crippen LogP contribution is 2.14. The summed E-state index contributed by atoms with van der Waals surface area (Å²) in [5.74, 6) is 0.894. The Bertz CT molecular complexity index is 75.7. The van der Waals surface area contributed by atoms with Gasteiger partial charge in [-0.05, 0) is 39.1 Å². The minimum absolute atomic E-state index is 0.686. The van der Waals surface area contributed by atoms with Crippen LogP contribution in [0.4, 0.5) is 0 Å². The van der Waals surface area contributed by atoms with Crippen molar-refractivity contribution in [3.05, 3.63) is 0 Å². The molecule has 0 spiro atoms. The van der Waals surface area contributed by atoms with Gasteiger partial charge in [-0.1, -0.05) is 6.92 Å². The Labute approximate surface area is 66.8 Å². The lowest BCUT2D eigenvalue weighted by molar-refractivity contribution is 0.473. The van der Waals surface area contributed by atoms with Crippen molar-refractivity contribution < 1.29 is 0 Å². The summed E-state index contributed by atoms with van der Waals surface area (Å²) in [6.07, 6.45) is 2.71. The summed E-state index contributed by atoms with van der Waals surface area (Å²) < 4.78 is 0. The maximum atomic E-state index is 3.26. The molecule has 0 saturated carbocycles. The van der Waals surface area contributed by atoms with Gasteiger partial charge in [0.1, 0.15) is 0 Å². The maximum absolute atomic E-state index is 3.26. The molecular formula is C8H20NP. The molecule has 2 heteroatoms. The summed E-state index contributed by atoms with van der Waals surface area (Å²) in [4.78, 5) is 0. The first kappa shape index (κ1) is 10.4. The molecule has 0 aliphatic carbocycles.